The molecule has 0 radical (unpaired) electrons. The van der Waals surface area contributed by atoms with Crippen molar-refractivity contribution in [2.24, 2.45) is 0 Å². The number of aromatic amines is 1. The summed E-state index contributed by atoms with van der Waals surface area (Å²) < 4.78 is 13.8. The molecule has 0 saturated carbocycles. The van der Waals surface area contributed by atoms with E-state index in [4.69, 9.17) is 5.11 Å². The Morgan fingerprint density at radius 3 is 2.39 bits per heavy atom. The Morgan fingerprint density at radius 2 is 1.68 bits per heavy atom. The maximum atomic E-state index is 13.8. The summed E-state index contributed by atoms with van der Waals surface area (Å²) in [6, 6.07) is 21.5. The summed E-state index contributed by atoms with van der Waals surface area (Å²) in [7, 11) is 0. The molecule has 0 fully saturated rings. The number of benzene rings is 3. The van der Waals surface area contributed by atoms with E-state index in [1.165, 1.54) is 12.1 Å². The number of aliphatic hydroxyl groups is 1. The Balaban J connectivity index is 1.68. The van der Waals surface area contributed by atoms with Gasteiger partial charge in [-0.2, -0.15) is 0 Å². The van der Waals surface area contributed by atoms with Crippen LogP contribution >= 0.6 is 0 Å². The number of aromatic nitrogens is 1. The lowest BCUT2D eigenvalue weighted by Crippen LogP contribution is -2.86. The van der Waals surface area contributed by atoms with Gasteiger partial charge in [-0.3, -0.25) is 5.32 Å². The zero-order valence-electron chi connectivity index (χ0n) is 15.2. The highest BCUT2D eigenvalue weighted by atomic mass is 19.1. The van der Waals surface area contributed by atoms with Gasteiger partial charge >= 0.3 is 5.91 Å². The minimum atomic E-state index is -0.337. The first-order valence-electron chi connectivity index (χ1n) is 9.08. The number of carbonyl (C=O) groups excluding carboxylic acids is 1. The Hall–Kier alpha value is -3.28. The normalized spacial score (nSPS) is 11.1. The van der Waals surface area contributed by atoms with E-state index in [9.17, 15) is 9.18 Å². The van der Waals surface area contributed by atoms with E-state index in [0.717, 1.165) is 22.2 Å². The van der Waals surface area contributed by atoms with E-state index in [1.807, 2.05) is 54.6 Å². The second-order valence-corrected chi connectivity index (χ2v) is 6.68. The summed E-state index contributed by atoms with van der Waals surface area (Å²) in [5, 5.41) is 11.4. The smallest absolute Gasteiger partial charge is 0.359 e. The summed E-state index contributed by atoms with van der Waals surface area (Å²) in [6.07, 6.45) is 0. The molecule has 0 aliphatic carbocycles. The van der Waals surface area contributed by atoms with Gasteiger partial charge in [-0.15, -0.1) is 0 Å². The summed E-state index contributed by atoms with van der Waals surface area (Å²) in [5.41, 5.74) is 4.58. The van der Waals surface area contributed by atoms with Crippen LogP contribution in [0.3, 0.4) is 0 Å². The number of hydrogen-bond acceptors (Lipinski definition) is 2. The first-order chi connectivity index (χ1) is 13.7. The molecule has 1 heterocycles. The molecular formula is C23H20FN2O2+. The monoisotopic (exact) mass is 375 g/mol. The van der Waals surface area contributed by atoms with E-state index in [-0.39, 0.29) is 18.3 Å². The topological polar surface area (TPSA) is 69.7 Å². The maximum Gasteiger partial charge on any atom is 0.359 e. The van der Waals surface area contributed by atoms with Gasteiger partial charge in [-0.1, -0.05) is 54.6 Å². The number of quaternary nitrogens is 1. The van der Waals surface area contributed by atoms with Crippen LogP contribution in [0, 0.1) is 5.82 Å². The van der Waals surface area contributed by atoms with Crippen molar-refractivity contribution in [1.29, 1.82) is 0 Å². The highest BCUT2D eigenvalue weighted by molar-refractivity contribution is 6.07. The molecule has 0 aliphatic heterocycles. The van der Waals surface area contributed by atoms with Crippen molar-refractivity contribution in [3.8, 4) is 11.1 Å². The zero-order valence-corrected chi connectivity index (χ0v) is 15.2. The number of hydrogen-bond donors (Lipinski definition) is 3. The molecule has 140 valence electrons. The molecule has 0 bridgehead atoms. The number of halogens is 1. The van der Waals surface area contributed by atoms with Crippen LogP contribution in [0.2, 0.25) is 0 Å². The van der Waals surface area contributed by atoms with Crippen LogP contribution in [0.25, 0.3) is 22.0 Å². The first kappa shape index (κ1) is 18.1. The highest BCUT2D eigenvalue weighted by Crippen LogP contribution is 2.32. The fourth-order valence-electron chi connectivity index (χ4n) is 3.35. The number of H-pyrrole nitrogens is 1. The van der Waals surface area contributed by atoms with E-state index < -0.39 is 0 Å². The van der Waals surface area contributed by atoms with Crippen LogP contribution in [0.4, 0.5) is 4.39 Å². The van der Waals surface area contributed by atoms with E-state index in [1.54, 1.807) is 11.4 Å². The van der Waals surface area contributed by atoms with E-state index in [0.29, 0.717) is 23.2 Å². The summed E-state index contributed by atoms with van der Waals surface area (Å²) >= 11 is 0. The average Bonchev–Trinajstić information content (AvgIpc) is 3.11. The van der Waals surface area contributed by atoms with Crippen molar-refractivity contribution in [2.75, 3.05) is 0 Å². The lowest BCUT2D eigenvalue weighted by atomic mass is 10.0. The van der Waals surface area contributed by atoms with Gasteiger partial charge in [-0.05, 0) is 29.3 Å². The lowest BCUT2D eigenvalue weighted by Gasteiger charge is -2.04. The van der Waals surface area contributed by atoms with Crippen molar-refractivity contribution in [3.63, 3.8) is 0 Å². The van der Waals surface area contributed by atoms with Gasteiger partial charge in [0.2, 0.25) is 0 Å². The Labute approximate surface area is 161 Å². The van der Waals surface area contributed by atoms with Gasteiger partial charge < -0.3 is 10.1 Å². The molecule has 1 aromatic heterocycles. The second-order valence-electron chi connectivity index (χ2n) is 6.68. The van der Waals surface area contributed by atoms with E-state index >= 15 is 0 Å². The second kappa shape index (κ2) is 7.76. The quantitative estimate of drug-likeness (QED) is 0.501. The summed E-state index contributed by atoms with van der Waals surface area (Å²) in [4.78, 5) is 16.1. The number of fused-ring (bicyclic) bond motifs is 1. The van der Waals surface area contributed by atoms with Gasteiger partial charge in [-0.25, -0.2) is 9.18 Å². The molecule has 0 aliphatic rings. The van der Waals surface area contributed by atoms with Gasteiger partial charge in [0.1, 0.15) is 12.4 Å². The third kappa shape index (κ3) is 3.58. The molecule has 0 spiro atoms. The Morgan fingerprint density at radius 1 is 0.964 bits per heavy atom. The lowest BCUT2D eigenvalue weighted by molar-refractivity contribution is -0.572. The Bertz CT molecular complexity index is 1120. The van der Waals surface area contributed by atoms with Crippen molar-refractivity contribution in [3.05, 3.63) is 95.4 Å². The molecule has 4 N–H and O–H groups in total. The maximum absolute atomic E-state index is 13.8. The largest absolute Gasteiger partial charge is 0.392 e. The fraction of sp³-hybridized carbons (Fsp3) is 0.0870. The number of aliphatic hydroxyl groups excluding tert-OH is 1. The number of nitrogens with one attached hydrogen (secondary N) is 1. The molecule has 4 rings (SSSR count). The fourth-order valence-corrected chi connectivity index (χ4v) is 3.35. The molecule has 0 unspecified atom stereocenters. The van der Waals surface area contributed by atoms with Crippen LogP contribution < -0.4 is 5.32 Å². The van der Waals surface area contributed by atoms with Gasteiger partial charge in [0, 0.05) is 22.0 Å². The predicted octanol–water partition coefficient (Wildman–Crippen LogP) is 3.37. The molecule has 0 saturated heterocycles. The van der Waals surface area contributed by atoms with Crippen LogP contribution in [-0.2, 0) is 13.2 Å². The molecule has 3 aromatic carbocycles. The van der Waals surface area contributed by atoms with E-state index in [2.05, 4.69) is 4.98 Å². The minimum absolute atomic E-state index is 0.00498. The van der Waals surface area contributed by atoms with Gasteiger partial charge in [0.25, 0.3) is 0 Å². The molecule has 0 atom stereocenters. The third-order valence-corrected chi connectivity index (χ3v) is 4.80. The Kier molecular flexibility index (Phi) is 5.02. The minimum Gasteiger partial charge on any atom is -0.392 e. The summed E-state index contributed by atoms with van der Waals surface area (Å²) in [5.74, 6) is -0.475. The van der Waals surface area contributed by atoms with Crippen molar-refractivity contribution >= 4 is 16.8 Å². The zero-order chi connectivity index (χ0) is 19.5. The van der Waals surface area contributed by atoms with Gasteiger partial charge in [0.15, 0.2) is 5.69 Å². The molecule has 1 amide bonds. The van der Waals surface area contributed by atoms with Crippen LogP contribution in [0.15, 0.2) is 72.8 Å². The van der Waals surface area contributed by atoms with Crippen LogP contribution in [-0.4, -0.2) is 16.0 Å². The van der Waals surface area contributed by atoms with Crippen molar-refractivity contribution in [1.82, 2.24) is 4.98 Å². The average molecular weight is 375 g/mol. The first-order valence-corrected chi connectivity index (χ1v) is 9.08. The molecule has 5 heteroatoms. The molecule has 4 nitrogen and oxygen atoms in total. The highest BCUT2D eigenvalue weighted by Gasteiger charge is 2.22. The number of nitrogens with two attached hydrogens (primary N) is 1. The SMILES string of the molecule is O=C([NH2+]Cc1ccc(CO)cc1)c1[nH]c2ccc(F)cc2c1-c1ccccc1. The van der Waals surface area contributed by atoms with Crippen molar-refractivity contribution < 1.29 is 19.6 Å². The number of rotatable bonds is 5. The number of carbonyl (C=O) groups is 1. The number of amides is 1. The molecule has 28 heavy (non-hydrogen) atoms. The van der Waals surface area contributed by atoms with Gasteiger partial charge in [0.05, 0.1) is 6.61 Å². The van der Waals surface area contributed by atoms with Crippen LogP contribution in [0.1, 0.15) is 21.6 Å². The summed E-state index contributed by atoms with van der Waals surface area (Å²) in [6.45, 7) is 0.470. The molecular weight excluding hydrogens is 355 g/mol. The van der Waals surface area contributed by atoms with Crippen molar-refractivity contribution in [2.45, 2.75) is 13.2 Å². The predicted molar refractivity (Wildman–Crippen MR) is 106 cm³/mol. The number of primary amides is 1. The molecule has 4 aromatic rings. The van der Waals surface area contributed by atoms with Crippen LogP contribution in [0.5, 0.6) is 0 Å². The third-order valence-electron chi connectivity index (χ3n) is 4.80. The standard InChI is InChI=1S/C23H19FN2O2/c24-18-10-11-20-19(12-18)21(17-4-2-1-3-5-17)22(26-20)23(28)25-13-15-6-8-16(14-27)9-7-15/h1-12,26-27H,13-14H2,(H,25,28)/p+1.